The molecule has 3 N–H and O–H groups in total. The first kappa shape index (κ1) is 17.3. The monoisotopic (exact) mass is 403 g/mol. The van der Waals surface area contributed by atoms with Gasteiger partial charge in [0.05, 0.1) is 29.3 Å². The molecule has 0 amide bonds. The molecular weight excluding hydrogens is 383 g/mol. The molecule has 2 saturated carbocycles. The van der Waals surface area contributed by atoms with Crippen LogP contribution in [0.3, 0.4) is 0 Å². The highest BCUT2D eigenvalue weighted by atomic mass is 19.4. The Labute approximate surface area is 164 Å². The smallest absolute Gasteiger partial charge is 0.383 e. The van der Waals surface area contributed by atoms with Crippen LogP contribution >= 0.6 is 0 Å². The molecule has 3 aromatic heterocycles. The van der Waals surface area contributed by atoms with E-state index in [2.05, 4.69) is 15.2 Å². The van der Waals surface area contributed by atoms with Crippen LogP contribution in [-0.4, -0.2) is 55.2 Å². The predicted octanol–water partition coefficient (Wildman–Crippen LogP) is 2.73. The summed E-state index contributed by atoms with van der Waals surface area (Å²) in [6, 6.07) is 2.11. The number of hydrogen-bond acceptors (Lipinski definition) is 5. The fourth-order valence-corrected chi connectivity index (χ4v) is 5.70. The van der Waals surface area contributed by atoms with Gasteiger partial charge >= 0.3 is 6.18 Å². The van der Waals surface area contributed by atoms with Crippen LogP contribution in [0.1, 0.15) is 25.6 Å². The summed E-state index contributed by atoms with van der Waals surface area (Å²) in [7, 11) is 0. The lowest BCUT2D eigenvalue weighted by Gasteiger charge is -2.19. The molecule has 2 bridgehead atoms. The first-order valence-electron chi connectivity index (χ1n) is 9.72. The molecule has 7 rings (SSSR count). The summed E-state index contributed by atoms with van der Waals surface area (Å²) < 4.78 is 40.8. The van der Waals surface area contributed by atoms with Gasteiger partial charge in [-0.15, -0.1) is 0 Å². The van der Waals surface area contributed by atoms with Gasteiger partial charge in [0.15, 0.2) is 0 Å². The zero-order valence-electron chi connectivity index (χ0n) is 15.9. The van der Waals surface area contributed by atoms with Gasteiger partial charge in [-0.05, 0) is 31.7 Å². The van der Waals surface area contributed by atoms with Crippen LogP contribution in [0.4, 0.5) is 19.0 Å². The molecule has 2 aliphatic heterocycles. The molecule has 10 heteroatoms. The molecular formula is C19H20F3N7. The quantitative estimate of drug-likeness (QED) is 0.699. The van der Waals surface area contributed by atoms with Crippen LogP contribution in [0.15, 0.2) is 18.5 Å². The minimum atomic E-state index is -4.16. The molecule has 29 heavy (non-hydrogen) atoms. The van der Waals surface area contributed by atoms with Crippen molar-refractivity contribution in [3.8, 4) is 11.3 Å². The van der Waals surface area contributed by atoms with E-state index in [9.17, 15) is 13.2 Å². The maximum absolute atomic E-state index is 12.9. The molecule has 0 spiro atoms. The Bertz CT molecular complexity index is 1140. The Kier molecular flexibility index (Phi) is 3.04. The van der Waals surface area contributed by atoms with Crippen LogP contribution in [0.5, 0.6) is 0 Å². The van der Waals surface area contributed by atoms with E-state index in [1.54, 1.807) is 17.3 Å². The first-order chi connectivity index (χ1) is 13.7. The van der Waals surface area contributed by atoms with E-state index in [-0.39, 0.29) is 17.5 Å². The third-order valence-electron chi connectivity index (χ3n) is 6.88. The Morgan fingerprint density at radius 3 is 2.83 bits per heavy atom. The average molecular weight is 403 g/mol. The number of nitrogen functional groups attached to an aromatic ring is 1. The number of alkyl halides is 3. The maximum Gasteiger partial charge on any atom is 0.401 e. The Balaban J connectivity index is 1.42. The van der Waals surface area contributed by atoms with Gasteiger partial charge < -0.3 is 5.73 Å². The van der Waals surface area contributed by atoms with Crippen molar-refractivity contribution in [2.75, 3.05) is 18.8 Å². The number of anilines is 1. The third kappa shape index (κ3) is 2.09. The number of aromatic nitrogens is 5. The SMILES string of the molecule is CC(C)n1nc(-c2cnc(N)c3cn[nH]c23)cc1[C@]12C3[C@@H]1[C@@H]2CN3CC(F)(F)F. The van der Waals surface area contributed by atoms with Crippen LogP contribution < -0.4 is 5.73 Å². The number of aromatic amines is 1. The summed E-state index contributed by atoms with van der Waals surface area (Å²) in [5.41, 5.74) is 9.10. The molecule has 0 aromatic carbocycles. The minimum absolute atomic E-state index is 0.0205. The second kappa shape index (κ2) is 5.10. The summed E-state index contributed by atoms with van der Waals surface area (Å²) in [6.45, 7) is 3.77. The average Bonchev–Trinajstić information content (AvgIpc) is 3.12. The lowest BCUT2D eigenvalue weighted by molar-refractivity contribution is -0.144. The molecule has 5 heterocycles. The van der Waals surface area contributed by atoms with Crippen molar-refractivity contribution in [1.82, 2.24) is 29.9 Å². The van der Waals surface area contributed by atoms with Crippen molar-refractivity contribution in [3.63, 3.8) is 0 Å². The normalized spacial score (nSPS) is 30.3. The molecule has 0 radical (unpaired) electrons. The van der Waals surface area contributed by atoms with Crippen molar-refractivity contribution in [1.29, 1.82) is 0 Å². The van der Waals surface area contributed by atoms with Gasteiger partial charge in [-0.1, -0.05) is 0 Å². The summed E-state index contributed by atoms with van der Waals surface area (Å²) in [5.74, 6) is 1.02. The van der Waals surface area contributed by atoms with E-state index < -0.39 is 12.7 Å². The number of piperidine rings is 1. The highest BCUT2D eigenvalue weighted by molar-refractivity contribution is 5.97. The van der Waals surface area contributed by atoms with Gasteiger partial charge in [-0.2, -0.15) is 23.4 Å². The van der Waals surface area contributed by atoms with E-state index in [0.717, 1.165) is 27.9 Å². The van der Waals surface area contributed by atoms with E-state index in [1.807, 2.05) is 24.6 Å². The molecule has 4 aliphatic rings. The molecule has 4 atom stereocenters. The lowest BCUT2D eigenvalue weighted by atomic mass is 10.0. The minimum Gasteiger partial charge on any atom is -0.383 e. The van der Waals surface area contributed by atoms with Gasteiger partial charge in [-0.25, -0.2) is 4.98 Å². The first-order valence-corrected chi connectivity index (χ1v) is 9.72. The molecule has 7 nitrogen and oxygen atoms in total. The van der Waals surface area contributed by atoms with Crippen LogP contribution in [-0.2, 0) is 5.41 Å². The van der Waals surface area contributed by atoms with Crippen LogP contribution in [0.25, 0.3) is 22.2 Å². The summed E-state index contributed by atoms with van der Waals surface area (Å²) in [4.78, 5) is 5.86. The predicted molar refractivity (Wildman–Crippen MR) is 100.0 cm³/mol. The third-order valence-corrected chi connectivity index (χ3v) is 6.88. The van der Waals surface area contributed by atoms with Crippen LogP contribution in [0, 0.1) is 11.8 Å². The van der Waals surface area contributed by atoms with E-state index in [4.69, 9.17) is 10.8 Å². The molecule has 4 fully saturated rings. The standard InChI is InChI=1S/C19H20F3N7/c1-8(2)29-13(19-11-6-28(7-18(20,21)22)16(19)14(11)19)3-12(27-29)9-4-24-17(23)10-5-25-26-15(9)10/h3-5,8,11,14,16H,6-7H2,1-2H3,(H2,23,24)(H,25,26)/t11-,14-,16?,19-/m0/s1. The summed E-state index contributed by atoms with van der Waals surface area (Å²) in [6.07, 6.45) is -0.858. The van der Waals surface area contributed by atoms with E-state index in [1.165, 1.54) is 0 Å². The van der Waals surface area contributed by atoms with Crippen molar-refractivity contribution in [2.24, 2.45) is 11.8 Å². The summed E-state index contributed by atoms with van der Waals surface area (Å²) >= 11 is 0. The zero-order chi connectivity index (χ0) is 20.3. The molecule has 2 saturated heterocycles. The number of halogens is 3. The second-order valence-electron chi connectivity index (χ2n) is 8.72. The number of rotatable bonds is 4. The summed E-state index contributed by atoms with van der Waals surface area (Å²) in [5, 5.41) is 12.6. The number of hydrogen-bond donors (Lipinski definition) is 2. The number of pyridine rings is 1. The van der Waals surface area contributed by atoms with Crippen LogP contribution in [0.2, 0.25) is 0 Å². The van der Waals surface area contributed by atoms with Gasteiger partial charge in [-0.3, -0.25) is 14.7 Å². The topological polar surface area (TPSA) is 88.6 Å². The van der Waals surface area contributed by atoms with Gasteiger partial charge in [0.1, 0.15) is 5.82 Å². The van der Waals surface area contributed by atoms with Gasteiger partial charge in [0, 0.05) is 41.5 Å². The number of H-pyrrole nitrogens is 1. The zero-order valence-corrected chi connectivity index (χ0v) is 15.9. The van der Waals surface area contributed by atoms with Crippen molar-refractivity contribution >= 4 is 16.7 Å². The number of nitrogens with zero attached hydrogens (tertiary/aromatic N) is 5. The van der Waals surface area contributed by atoms with Gasteiger partial charge in [0.2, 0.25) is 0 Å². The Morgan fingerprint density at radius 1 is 1.34 bits per heavy atom. The molecule has 2 aliphatic carbocycles. The van der Waals surface area contributed by atoms with E-state index in [0.29, 0.717) is 24.2 Å². The highest BCUT2D eigenvalue weighted by Gasteiger charge is 2.93. The number of nitrogens with one attached hydrogen (secondary N) is 1. The molecule has 152 valence electrons. The second-order valence-corrected chi connectivity index (χ2v) is 8.72. The molecule has 3 aromatic rings. The Hall–Kier alpha value is -2.62. The number of fused-ring (bicyclic) bond motifs is 2. The van der Waals surface area contributed by atoms with Gasteiger partial charge in [0.25, 0.3) is 0 Å². The lowest BCUT2D eigenvalue weighted by Crippen LogP contribution is -2.34. The maximum atomic E-state index is 12.9. The largest absolute Gasteiger partial charge is 0.401 e. The fourth-order valence-electron chi connectivity index (χ4n) is 5.70. The van der Waals surface area contributed by atoms with Crippen molar-refractivity contribution < 1.29 is 13.2 Å². The number of nitrogens with two attached hydrogens (primary N) is 1. The van der Waals surface area contributed by atoms with Crippen molar-refractivity contribution in [2.45, 2.75) is 37.5 Å². The molecule has 1 unspecified atom stereocenters. The Morgan fingerprint density at radius 2 is 2.14 bits per heavy atom. The van der Waals surface area contributed by atoms with E-state index >= 15 is 0 Å². The fraction of sp³-hybridized carbons (Fsp3) is 0.526. The van der Waals surface area contributed by atoms with Crippen molar-refractivity contribution in [3.05, 3.63) is 24.2 Å². The highest BCUT2D eigenvalue weighted by Crippen LogP contribution is 2.85.